The highest BCUT2D eigenvalue weighted by atomic mass is 35.5. The second kappa shape index (κ2) is 4.44. The second-order valence-electron chi connectivity index (χ2n) is 4.00. The van der Waals surface area contributed by atoms with Gasteiger partial charge in [0, 0.05) is 10.7 Å². The summed E-state index contributed by atoms with van der Waals surface area (Å²) in [6.45, 7) is 0. The predicted octanol–water partition coefficient (Wildman–Crippen LogP) is 3.95. The molecule has 0 atom stereocenters. The van der Waals surface area contributed by atoms with E-state index in [1.807, 2.05) is 0 Å². The van der Waals surface area contributed by atoms with Crippen LogP contribution in [-0.2, 0) is 0 Å². The van der Waals surface area contributed by atoms with Gasteiger partial charge in [0.2, 0.25) is 0 Å². The van der Waals surface area contributed by atoms with Crippen molar-refractivity contribution in [3.05, 3.63) is 47.2 Å². The zero-order valence-corrected chi connectivity index (χ0v) is 10.4. The van der Waals surface area contributed by atoms with Crippen molar-refractivity contribution in [1.29, 1.82) is 0 Å². The SMILES string of the molecule is Nc1ccc2oc(Nc3cc(Cl)ccc3F)nc2c1. The van der Waals surface area contributed by atoms with Gasteiger partial charge in [0.1, 0.15) is 11.3 Å². The fraction of sp³-hybridized carbons (Fsp3) is 0. The van der Waals surface area contributed by atoms with Gasteiger partial charge in [-0.3, -0.25) is 0 Å². The molecular weight excluding hydrogens is 269 g/mol. The number of nitrogens with zero attached hydrogens (tertiary/aromatic N) is 1. The molecule has 0 fully saturated rings. The maximum atomic E-state index is 13.6. The smallest absolute Gasteiger partial charge is 0.300 e. The number of halogens is 2. The molecule has 6 heteroatoms. The topological polar surface area (TPSA) is 64.1 Å². The van der Waals surface area contributed by atoms with Crippen LogP contribution in [0.3, 0.4) is 0 Å². The summed E-state index contributed by atoms with van der Waals surface area (Å²) in [5, 5.41) is 3.16. The van der Waals surface area contributed by atoms with Crippen LogP contribution in [0.5, 0.6) is 0 Å². The Morgan fingerprint density at radius 1 is 1.21 bits per heavy atom. The van der Waals surface area contributed by atoms with Gasteiger partial charge in [-0.25, -0.2) is 4.39 Å². The normalized spacial score (nSPS) is 10.8. The van der Waals surface area contributed by atoms with Crippen molar-refractivity contribution in [1.82, 2.24) is 4.98 Å². The lowest BCUT2D eigenvalue weighted by Gasteiger charge is -2.03. The number of hydrogen-bond acceptors (Lipinski definition) is 4. The summed E-state index contributed by atoms with van der Waals surface area (Å²) < 4.78 is 19.0. The third kappa shape index (κ3) is 2.32. The molecule has 1 heterocycles. The Balaban J connectivity index is 1.98. The van der Waals surface area contributed by atoms with Gasteiger partial charge >= 0.3 is 0 Å². The van der Waals surface area contributed by atoms with Gasteiger partial charge in [-0.1, -0.05) is 11.6 Å². The number of fused-ring (bicyclic) bond motifs is 1. The number of aromatic nitrogens is 1. The number of nitrogens with two attached hydrogens (primary N) is 1. The van der Waals surface area contributed by atoms with Crippen LogP contribution in [-0.4, -0.2) is 4.98 Å². The van der Waals surface area contributed by atoms with Crippen molar-refractivity contribution in [2.45, 2.75) is 0 Å². The summed E-state index contributed by atoms with van der Waals surface area (Å²) in [6, 6.07) is 9.47. The zero-order valence-electron chi connectivity index (χ0n) is 9.65. The van der Waals surface area contributed by atoms with Crippen LogP contribution >= 0.6 is 11.6 Å². The summed E-state index contributed by atoms with van der Waals surface area (Å²) in [5.74, 6) is -0.439. The number of benzene rings is 2. The van der Waals surface area contributed by atoms with Gasteiger partial charge in [0.15, 0.2) is 5.58 Å². The molecule has 0 bridgehead atoms. The first-order valence-electron chi connectivity index (χ1n) is 5.50. The van der Waals surface area contributed by atoms with Gasteiger partial charge < -0.3 is 15.5 Å². The maximum absolute atomic E-state index is 13.6. The first kappa shape index (κ1) is 11.8. The molecule has 0 amide bonds. The van der Waals surface area contributed by atoms with E-state index in [-0.39, 0.29) is 11.7 Å². The van der Waals surface area contributed by atoms with E-state index in [9.17, 15) is 4.39 Å². The number of nitrogen functional groups attached to an aromatic ring is 1. The van der Waals surface area contributed by atoms with E-state index in [1.165, 1.54) is 18.2 Å². The molecule has 0 radical (unpaired) electrons. The molecule has 1 aromatic heterocycles. The summed E-state index contributed by atoms with van der Waals surface area (Å²) >= 11 is 5.81. The van der Waals surface area contributed by atoms with E-state index in [4.69, 9.17) is 21.8 Å². The lowest BCUT2D eigenvalue weighted by Crippen LogP contribution is -1.93. The van der Waals surface area contributed by atoms with Crippen molar-refractivity contribution in [2.75, 3.05) is 11.1 Å². The summed E-state index contributed by atoms with van der Waals surface area (Å²) in [4.78, 5) is 4.17. The minimum atomic E-state index is -0.439. The van der Waals surface area contributed by atoms with Gasteiger partial charge in [0.05, 0.1) is 5.69 Å². The van der Waals surface area contributed by atoms with Crippen molar-refractivity contribution < 1.29 is 8.81 Å². The molecule has 0 aliphatic heterocycles. The van der Waals surface area contributed by atoms with Crippen LogP contribution < -0.4 is 11.1 Å². The highest BCUT2D eigenvalue weighted by Gasteiger charge is 2.09. The van der Waals surface area contributed by atoms with Crippen molar-refractivity contribution in [3.8, 4) is 0 Å². The van der Waals surface area contributed by atoms with Crippen molar-refractivity contribution in [2.24, 2.45) is 0 Å². The van der Waals surface area contributed by atoms with Crippen molar-refractivity contribution >= 4 is 40.1 Å². The standard InChI is InChI=1S/C13H9ClFN3O/c14-7-1-3-9(15)10(5-7)17-13-18-11-6-8(16)2-4-12(11)19-13/h1-6H,16H2,(H,17,18). The Labute approximate surface area is 113 Å². The molecular formula is C13H9ClFN3O. The van der Waals surface area contributed by atoms with E-state index < -0.39 is 5.82 Å². The summed E-state index contributed by atoms with van der Waals surface area (Å²) in [5.41, 5.74) is 7.61. The van der Waals surface area contributed by atoms with E-state index in [0.717, 1.165) is 0 Å². The fourth-order valence-electron chi connectivity index (χ4n) is 1.71. The van der Waals surface area contributed by atoms with Gasteiger partial charge in [-0.05, 0) is 36.4 Å². The van der Waals surface area contributed by atoms with Crippen LogP contribution in [0.25, 0.3) is 11.1 Å². The monoisotopic (exact) mass is 277 g/mol. The zero-order chi connectivity index (χ0) is 13.4. The maximum Gasteiger partial charge on any atom is 0.300 e. The van der Waals surface area contributed by atoms with Gasteiger partial charge in [-0.2, -0.15) is 4.98 Å². The van der Waals surface area contributed by atoms with Crippen molar-refractivity contribution in [3.63, 3.8) is 0 Å². The predicted molar refractivity (Wildman–Crippen MR) is 73.1 cm³/mol. The molecule has 0 aliphatic rings. The van der Waals surface area contributed by atoms with E-state index in [0.29, 0.717) is 21.8 Å². The number of anilines is 3. The minimum Gasteiger partial charge on any atom is -0.423 e. The molecule has 0 unspecified atom stereocenters. The first-order valence-corrected chi connectivity index (χ1v) is 5.88. The molecule has 3 N–H and O–H groups in total. The summed E-state index contributed by atoms with van der Waals surface area (Å²) in [7, 11) is 0. The molecule has 3 rings (SSSR count). The molecule has 0 aliphatic carbocycles. The molecule has 0 saturated heterocycles. The van der Waals surface area contributed by atoms with Gasteiger partial charge in [-0.15, -0.1) is 0 Å². The average Bonchev–Trinajstić information content (AvgIpc) is 2.75. The third-order valence-electron chi connectivity index (χ3n) is 2.58. The number of nitrogens with one attached hydrogen (secondary N) is 1. The second-order valence-corrected chi connectivity index (χ2v) is 4.43. The summed E-state index contributed by atoms with van der Waals surface area (Å²) in [6.07, 6.45) is 0. The average molecular weight is 278 g/mol. The van der Waals surface area contributed by atoms with Gasteiger partial charge in [0.25, 0.3) is 6.01 Å². The number of hydrogen-bond donors (Lipinski definition) is 2. The Bertz CT molecular complexity index is 757. The van der Waals surface area contributed by atoms with E-state index in [2.05, 4.69) is 10.3 Å². The van der Waals surface area contributed by atoms with Crippen LogP contribution in [0.15, 0.2) is 40.8 Å². The molecule has 0 spiro atoms. The molecule has 19 heavy (non-hydrogen) atoms. The molecule has 2 aromatic carbocycles. The Kier molecular flexibility index (Phi) is 2.76. The highest BCUT2D eigenvalue weighted by Crippen LogP contribution is 2.26. The van der Waals surface area contributed by atoms with Crippen LogP contribution in [0.1, 0.15) is 0 Å². The lowest BCUT2D eigenvalue weighted by atomic mass is 10.3. The lowest BCUT2D eigenvalue weighted by molar-refractivity contribution is 0.611. The number of oxazole rings is 1. The Hall–Kier alpha value is -2.27. The Morgan fingerprint density at radius 3 is 2.89 bits per heavy atom. The van der Waals surface area contributed by atoms with Crippen LogP contribution in [0.4, 0.5) is 21.8 Å². The van der Waals surface area contributed by atoms with E-state index in [1.54, 1.807) is 18.2 Å². The van der Waals surface area contributed by atoms with Crippen LogP contribution in [0, 0.1) is 5.82 Å². The molecule has 4 nitrogen and oxygen atoms in total. The minimum absolute atomic E-state index is 0.182. The number of rotatable bonds is 2. The molecule has 96 valence electrons. The molecule has 0 saturated carbocycles. The fourth-order valence-corrected chi connectivity index (χ4v) is 1.88. The quantitative estimate of drug-likeness (QED) is 0.696. The Morgan fingerprint density at radius 2 is 2.05 bits per heavy atom. The highest BCUT2D eigenvalue weighted by molar-refractivity contribution is 6.30. The third-order valence-corrected chi connectivity index (χ3v) is 2.82. The molecule has 3 aromatic rings. The largest absolute Gasteiger partial charge is 0.423 e. The van der Waals surface area contributed by atoms with E-state index >= 15 is 0 Å². The van der Waals surface area contributed by atoms with Crippen LogP contribution in [0.2, 0.25) is 5.02 Å². The first-order chi connectivity index (χ1) is 9.11.